The van der Waals surface area contributed by atoms with Gasteiger partial charge in [-0.25, -0.2) is 0 Å². The number of hydrogen-bond donors (Lipinski definition) is 2. The van der Waals surface area contributed by atoms with Crippen LogP contribution in [0.15, 0.2) is 0 Å². The third-order valence-corrected chi connectivity index (χ3v) is 2.93. The Kier molecular flexibility index (Phi) is 4.16. The number of nitrogens with one attached hydrogen (secondary N) is 1. The lowest BCUT2D eigenvalue weighted by Crippen LogP contribution is -2.48. The van der Waals surface area contributed by atoms with Crippen LogP contribution in [0.4, 0.5) is 0 Å². The van der Waals surface area contributed by atoms with E-state index in [1.807, 2.05) is 0 Å². The summed E-state index contributed by atoms with van der Waals surface area (Å²) in [6.45, 7) is 6.27. The maximum Gasteiger partial charge on any atom is 0.0620 e. The lowest BCUT2D eigenvalue weighted by Gasteiger charge is -2.32. The van der Waals surface area contributed by atoms with Gasteiger partial charge in [-0.1, -0.05) is 6.92 Å². The van der Waals surface area contributed by atoms with Crippen molar-refractivity contribution in [2.24, 2.45) is 0 Å². The summed E-state index contributed by atoms with van der Waals surface area (Å²) < 4.78 is 5.30. The quantitative estimate of drug-likeness (QED) is 0.672. The van der Waals surface area contributed by atoms with Crippen LogP contribution in [0.1, 0.15) is 33.1 Å². The highest BCUT2D eigenvalue weighted by atomic mass is 16.5. The Morgan fingerprint density at radius 2 is 2.38 bits per heavy atom. The largest absolute Gasteiger partial charge is 0.396 e. The van der Waals surface area contributed by atoms with E-state index in [4.69, 9.17) is 9.84 Å². The van der Waals surface area contributed by atoms with E-state index < -0.39 is 0 Å². The average molecular weight is 187 g/mol. The fraction of sp³-hybridized carbons (Fsp3) is 1.00. The molecule has 0 aromatic carbocycles. The van der Waals surface area contributed by atoms with Crippen molar-refractivity contribution in [2.75, 3.05) is 19.8 Å². The van der Waals surface area contributed by atoms with E-state index in [0.717, 1.165) is 32.5 Å². The summed E-state index contributed by atoms with van der Waals surface area (Å²) in [5, 5.41) is 12.5. The number of ether oxygens (including phenoxy) is 1. The minimum Gasteiger partial charge on any atom is -0.396 e. The van der Waals surface area contributed by atoms with Gasteiger partial charge in [-0.15, -0.1) is 0 Å². The van der Waals surface area contributed by atoms with Crippen molar-refractivity contribution in [1.82, 2.24) is 5.32 Å². The first kappa shape index (κ1) is 11.0. The first-order chi connectivity index (χ1) is 6.20. The van der Waals surface area contributed by atoms with Crippen molar-refractivity contribution in [3.63, 3.8) is 0 Å². The van der Waals surface area contributed by atoms with Crippen molar-refractivity contribution >= 4 is 0 Å². The lowest BCUT2D eigenvalue weighted by atomic mass is 9.93. The molecule has 78 valence electrons. The summed E-state index contributed by atoms with van der Waals surface area (Å²) in [6.07, 6.45) is 2.96. The van der Waals surface area contributed by atoms with Crippen LogP contribution < -0.4 is 5.32 Å². The molecule has 13 heavy (non-hydrogen) atoms. The molecule has 0 amide bonds. The zero-order valence-corrected chi connectivity index (χ0v) is 8.68. The van der Waals surface area contributed by atoms with E-state index >= 15 is 0 Å². The Morgan fingerprint density at radius 3 is 2.85 bits per heavy atom. The predicted molar refractivity (Wildman–Crippen MR) is 52.8 cm³/mol. The van der Waals surface area contributed by atoms with Crippen molar-refractivity contribution < 1.29 is 9.84 Å². The van der Waals surface area contributed by atoms with Gasteiger partial charge in [0, 0.05) is 24.8 Å². The highest BCUT2D eigenvalue weighted by Crippen LogP contribution is 2.17. The van der Waals surface area contributed by atoms with E-state index in [0.29, 0.717) is 6.04 Å². The Morgan fingerprint density at radius 1 is 1.62 bits per heavy atom. The summed E-state index contributed by atoms with van der Waals surface area (Å²) in [5.74, 6) is 0. The van der Waals surface area contributed by atoms with Crippen molar-refractivity contribution in [3.05, 3.63) is 0 Å². The molecule has 0 bridgehead atoms. The van der Waals surface area contributed by atoms with Gasteiger partial charge < -0.3 is 15.2 Å². The normalized spacial score (nSPS) is 27.5. The molecule has 0 spiro atoms. The van der Waals surface area contributed by atoms with Gasteiger partial charge in [0.05, 0.1) is 6.61 Å². The van der Waals surface area contributed by atoms with E-state index in [1.165, 1.54) is 0 Å². The van der Waals surface area contributed by atoms with Crippen LogP contribution in [0.25, 0.3) is 0 Å². The molecule has 1 saturated heterocycles. The molecule has 2 unspecified atom stereocenters. The Balaban J connectivity index is 2.36. The van der Waals surface area contributed by atoms with Gasteiger partial charge in [0.2, 0.25) is 0 Å². The first-order valence-electron chi connectivity index (χ1n) is 5.16. The average Bonchev–Trinajstić information content (AvgIpc) is 2.57. The standard InChI is InChI=1S/C10H21NO2/c1-3-10(2,5-6-12)11-9-4-7-13-8-9/h9,11-12H,3-8H2,1-2H3. The van der Waals surface area contributed by atoms with Crippen LogP contribution >= 0.6 is 0 Å². The molecular formula is C10H21NO2. The molecule has 2 N–H and O–H groups in total. The second-order valence-electron chi connectivity index (χ2n) is 4.09. The van der Waals surface area contributed by atoms with Crippen molar-refractivity contribution in [1.29, 1.82) is 0 Å². The molecule has 3 heteroatoms. The molecule has 3 nitrogen and oxygen atoms in total. The molecule has 1 rings (SSSR count). The molecule has 0 aromatic heterocycles. The van der Waals surface area contributed by atoms with Crippen molar-refractivity contribution in [2.45, 2.75) is 44.7 Å². The van der Waals surface area contributed by atoms with E-state index in [9.17, 15) is 0 Å². The third-order valence-electron chi connectivity index (χ3n) is 2.93. The molecule has 1 heterocycles. The molecular weight excluding hydrogens is 166 g/mol. The summed E-state index contributed by atoms with van der Waals surface area (Å²) in [5.41, 5.74) is 0.0765. The zero-order valence-electron chi connectivity index (χ0n) is 8.68. The van der Waals surface area contributed by atoms with Crippen LogP contribution in [0.5, 0.6) is 0 Å². The van der Waals surface area contributed by atoms with E-state index in [2.05, 4.69) is 19.2 Å². The monoisotopic (exact) mass is 187 g/mol. The fourth-order valence-corrected chi connectivity index (χ4v) is 1.74. The van der Waals surface area contributed by atoms with Gasteiger partial charge in [0.1, 0.15) is 0 Å². The molecule has 0 aliphatic carbocycles. The summed E-state index contributed by atoms with van der Waals surface area (Å²) in [4.78, 5) is 0. The Labute approximate surface area is 80.5 Å². The smallest absolute Gasteiger partial charge is 0.0620 e. The molecule has 1 fully saturated rings. The number of hydrogen-bond acceptors (Lipinski definition) is 3. The molecule has 0 aromatic rings. The van der Waals surface area contributed by atoms with Crippen molar-refractivity contribution in [3.8, 4) is 0 Å². The molecule has 1 aliphatic rings. The second-order valence-corrected chi connectivity index (χ2v) is 4.09. The van der Waals surface area contributed by atoms with Gasteiger partial charge in [0.15, 0.2) is 0 Å². The topological polar surface area (TPSA) is 41.5 Å². The third kappa shape index (κ3) is 3.25. The van der Waals surface area contributed by atoms with Crippen LogP contribution in [0.2, 0.25) is 0 Å². The SMILES string of the molecule is CCC(C)(CCO)NC1CCOC1. The van der Waals surface area contributed by atoms with Gasteiger partial charge in [-0.05, 0) is 26.2 Å². The van der Waals surface area contributed by atoms with Gasteiger partial charge in [-0.2, -0.15) is 0 Å². The Bertz CT molecular complexity index is 146. The number of aliphatic hydroxyl groups excluding tert-OH is 1. The predicted octanol–water partition coefficient (Wildman–Crippen LogP) is 0.916. The van der Waals surface area contributed by atoms with Gasteiger partial charge >= 0.3 is 0 Å². The highest BCUT2D eigenvalue weighted by molar-refractivity contribution is 4.86. The number of rotatable bonds is 5. The minimum atomic E-state index is 0.0765. The number of aliphatic hydroxyl groups is 1. The Hall–Kier alpha value is -0.120. The van der Waals surface area contributed by atoms with Gasteiger partial charge in [0.25, 0.3) is 0 Å². The highest BCUT2D eigenvalue weighted by Gasteiger charge is 2.26. The van der Waals surface area contributed by atoms with Crippen LogP contribution in [0, 0.1) is 0 Å². The molecule has 0 saturated carbocycles. The lowest BCUT2D eigenvalue weighted by molar-refractivity contribution is 0.169. The van der Waals surface area contributed by atoms with Gasteiger partial charge in [-0.3, -0.25) is 0 Å². The molecule has 2 atom stereocenters. The van der Waals surface area contributed by atoms with Crippen LogP contribution in [-0.2, 0) is 4.74 Å². The maximum absolute atomic E-state index is 8.94. The first-order valence-corrected chi connectivity index (χ1v) is 5.16. The fourth-order valence-electron chi connectivity index (χ4n) is 1.74. The summed E-state index contributed by atoms with van der Waals surface area (Å²) in [7, 11) is 0. The van der Waals surface area contributed by atoms with E-state index in [-0.39, 0.29) is 12.1 Å². The van der Waals surface area contributed by atoms with Crippen LogP contribution in [-0.4, -0.2) is 36.5 Å². The maximum atomic E-state index is 8.94. The molecule has 0 radical (unpaired) electrons. The minimum absolute atomic E-state index is 0.0765. The zero-order chi connectivity index (χ0) is 9.73. The summed E-state index contributed by atoms with van der Waals surface area (Å²) >= 11 is 0. The van der Waals surface area contributed by atoms with E-state index in [1.54, 1.807) is 0 Å². The molecule has 1 aliphatic heterocycles. The second kappa shape index (κ2) is 4.94. The summed E-state index contributed by atoms with van der Waals surface area (Å²) in [6, 6.07) is 0.483. The van der Waals surface area contributed by atoms with Crippen LogP contribution in [0.3, 0.4) is 0 Å².